The maximum Gasteiger partial charge on any atom is 0.322 e. The highest BCUT2D eigenvalue weighted by Gasteiger charge is 2.50. The number of alkyl halides is 1. The number of rotatable bonds is 4. The van der Waals surface area contributed by atoms with Gasteiger partial charge >= 0.3 is 5.97 Å². The summed E-state index contributed by atoms with van der Waals surface area (Å²) < 4.78 is 5.50. The van der Waals surface area contributed by atoms with E-state index in [0.29, 0.717) is 5.92 Å². The molecule has 0 spiro atoms. The molecule has 0 aromatic rings. The van der Waals surface area contributed by atoms with E-state index < -0.39 is 9.02 Å². The number of aliphatic hydroxyl groups excluding tert-OH is 1. The fraction of sp³-hybridized carbons (Fsp3) is 0.938. The van der Waals surface area contributed by atoms with E-state index >= 15 is 0 Å². The third-order valence-electron chi connectivity index (χ3n) is 5.27. The van der Waals surface area contributed by atoms with E-state index in [-0.39, 0.29) is 18.0 Å². The minimum atomic E-state index is -0.445. The van der Waals surface area contributed by atoms with Crippen LogP contribution in [0.2, 0.25) is 0 Å². The number of carbonyl (C=O) groups is 1. The van der Waals surface area contributed by atoms with Crippen molar-refractivity contribution < 1.29 is 14.6 Å². The fourth-order valence-corrected chi connectivity index (χ4v) is 4.25. The minimum Gasteiger partial charge on any atom is -0.458 e. The predicted molar refractivity (Wildman–Crippen MR) is 87.9 cm³/mol. The lowest BCUT2D eigenvalue weighted by molar-refractivity contribution is -0.176. The van der Waals surface area contributed by atoms with Crippen LogP contribution in [0, 0.1) is 11.3 Å². The Kier molecular flexibility index (Phi) is 4.75. The summed E-state index contributed by atoms with van der Waals surface area (Å²) in [5.74, 6) is 0.501. The van der Waals surface area contributed by atoms with Gasteiger partial charge in [0, 0.05) is 6.61 Å². The van der Waals surface area contributed by atoms with Crippen LogP contribution in [-0.4, -0.2) is 26.7 Å². The summed E-state index contributed by atoms with van der Waals surface area (Å²) in [5.41, 5.74) is -0.408. The van der Waals surface area contributed by atoms with Gasteiger partial charge in [-0.2, -0.15) is 0 Å². The summed E-state index contributed by atoms with van der Waals surface area (Å²) in [4.78, 5) is 12.4. The number of fused-ring (bicyclic) bond motifs is 2. The number of aliphatic hydroxyl groups is 1. The number of halogens is 1. The quantitative estimate of drug-likeness (QED) is 0.448. The molecule has 0 aromatic carbocycles. The highest BCUT2D eigenvalue weighted by molar-refractivity contribution is 14.1. The average molecular weight is 394 g/mol. The van der Waals surface area contributed by atoms with Crippen molar-refractivity contribution >= 4 is 28.6 Å². The van der Waals surface area contributed by atoms with Gasteiger partial charge in [0.15, 0.2) is 0 Å². The molecule has 2 fully saturated rings. The van der Waals surface area contributed by atoms with Crippen LogP contribution in [0.3, 0.4) is 0 Å². The Labute approximate surface area is 136 Å². The number of hydrogen-bond acceptors (Lipinski definition) is 3. The Balaban J connectivity index is 2.12. The SMILES string of the molecule is CCC(C)(I)C(=O)OC1(C)CC2CCCC(CO)(C2)C1. The molecular weight excluding hydrogens is 367 g/mol. The number of esters is 1. The Morgan fingerprint density at radius 2 is 2.20 bits per heavy atom. The second-order valence-electron chi connectivity index (χ2n) is 7.39. The van der Waals surface area contributed by atoms with Gasteiger partial charge in [0.1, 0.15) is 9.02 Å². The van der Waals surface area contributed by atoms with E-state index in [1.807, 2.05) is 13.8 Å². The molecule has 2 aliphatic carbocycles. The molecule has 0 amide bonds. The van der Waals surface area contributed by atoms with Crippen molar-refractivity contribution in [2.45, 2.75) is 74.7 Å². The molecule has 2 aliphatic rings. The fourth-order valence-electron chi connectivity index (χ4n) is 4.14. The van der Waals surface area contributed by atoms with E-state index in [1.54, 1.807) is 0 Å². The van der Waals surface area contributed by atoms with E-state index in [4.69, 9.17) is 4.74 Å². The Morgan fingerprint density at radius 1 is 1.50 bits per heavy atom. The van der Waals surface area contributed by atoms with Gasteiger partial charge in [-0.25, -0.2) is 0 Å². The third-order valence-corrected chi connectivity index (χ3v) is 6.48. The predicted octanol–water partition coefficient (Wildman–Crippen LogP) is 3.85. The average Bonchev–Trinajstić information content (AvgIpc) is 2.37. The highest BCUT2D eigenvalue weighted by Crippen LogP contribution is 2.53. The number of ether oxygens (including phenoxy) is 1. The molecule has 0 saturated heterocycles. The second kappa shape index (κ2) is 5.75. The summed E-state index contributed by atoms with van der Waals surface area (Å²) >= 11 is 2.19. The van der Waals surface area contributed by atoms with Crippen LogP contribution < -0.4 is 0 Å². The van der Waals surface area contributed by atoms with Gasteiger partial charge in [0.2, 0.25) is 0 Å². The van der Waals surface area contributed by atoms with E-state index in [1.165, 1.54) is 12.8 Å². The first-order valence-electron chi connectivity index (χ1n) is 7.77. The first-order valence-corrected chi connectivity index (χ1v) is 8.85. The zero-order chi connectivity index (χ0) is 15.0. The summed E-state index contributed by atoms with van der Waals surface area (Å²) in [6, 6.07) is 0. The van der Waals surface area contributed by atoms with Crippen LogP contribution in [0.25, 0.3) is 0 Å². The lowest BCUT2D eigenvalue weighted by Gasteiger charge is -2.51. The molecule has 0 aromatic heterocycles. The van der Waals surface area contributed by atoms with Crippen LogP contribution in [0.15, 0.2) is 0 Å². The van der Waals surface area contributed by atoms with E-state index in [2.05, 4.69) is 29.5 Å². The lowest BCUT2D eigenvalue weighted by atomic mass is 9.58. The molecule has 2 rings (SSSR count). The molecule has 2 saturated carbocycles. The van der Waals surface area contributed by atoms with Crippen molar-refractivity contribution in [3.05, 3.63) is 0 Å². The molecule has 116 valence electrons. The molecule has 20 heavy (non-hydrogen) atoms. The molecule has 4 atom stereocenters. The number of carbonyl (C=O) groups excluding carboxylic acids is 1. The molecule has 4 unspecified atom stereocenters. The molecule has 1 N–H and O–H groups in total. The van der Waals surface area contributed by atoms with Crippen molar-refractivity contribution in [3.63, 3.8) is 0 Å². The van der Waals surface area contributed by atoms with Crippen molar-refractivity contribution in [1.82, 2.24) is 0 Å². The second-order valence-corrected chi connectivity index (χ2v) is 9.77. The van der Waals surface area contributed by atoms with Crippen molar-refractivity contribution in [3.8, 4) is 0 Å². The first-order chi connectivity index (χ1) is 9.24. The van der Waals surface area contributed by atoms with Gasteiger partial charge in [-0.3, -0.25) is 4.79 Å². The zero-order valence-electron chi connectivity index (χ0n) is 12.9. The zero-order valence-corrected chi connectivity index (χ0v) is 15.0. The van der Waals surface area contributed by atoms with Crippen molar-refractivity contribution in [1.29, 1.82) is 0 Å². The van der Waals surface area contributed by atoms with Crippen LogP contribution in [-0.2, 0) is 9.53 Å². The first kappa shape index (κ1) is 16.5. The molecule has 0 heterocycles. The van der Waals surface area contributed by atoms with E-state index in [0.717, 1.165) is 32.1 Å². The van der Waals surface area contributed by atoms with Gasteiger partial charge in [-0.05, 0) is 57.3 Å². The summed E-state index contributed by atoms with van der Waals surface area (Å²) in [6.07, 6.45) is 7.13. The molecule has 3 nitrogen and oxygen atoms in total. The summed E-state index contributed by atoms with van der Waals surface area (Å²) in [5, 5.41) is 9.82. The van der Waals surface area contributed by atoms with Gasteiger partial charge in [0.05, 0.1) is 0 Å². The van der Waals surface area contributed by atoms with E-state index in [9.17, 15) is 9.90 Å². The van der Waals surface area contributed by atoms with Gasteiger partial charge in [0.25, 0.3) is 0 Å². The van der Waals surface area contributed by atoms with Crippen LogP contribution in [0.4, 0.5) is 0 Å². The maximum absolute atomic E-state index is 12.4. The Hall–Kier alpha value is 0.160. The molecule has 2 bridgehead atoms. The lowest BCUT2D eigenvalue weighted by Crippen LogP contribution is -2.50. The van der Waals surface area contributed by atoms with Crippen molar-refractivity contribution in [2.24, 2.45) is 11.3 Å². The normalized spacial score (nSPS) is 40.0. The Morgan fingerprint density at radius 3 is 2.80 bits per heavy atom. The summed E-state index contributed by atoms with van der Waals surface area (Å²) in [7, 11) is 0. The smallest absolute Gasteiger partial charge is 0.322 e. The standard InChI is InChI=1S/C16H27IO3/c1-4-15(3,17)13(19)20-14(2)8-12-6-5-7-16(9-12,10-14)11-18/h12,18H,4-11H2,1-3H3. The largest absolute Gasteiger partial charge is 0.458 e. The van der Waals surface area contributed by atoms with Gasteiger partial charge in [-0.15, -0.1) is 0 Å². The van der Waals surface area contributed by atoms with Gasteiger partial charge < -0.3 is 9.84 Å². The molecular formula is C16H27IO3. The van der Waals surface area contributed by atoms with Crippen LogP contribution in [0.1, 0.15) is 65.7 Å². The molecule has 0 aliphatic heterocycles. The van der Waals surface area contributed by atoms with Gasteiger partial charge in [-0.1, -0.05) is 42.4 Å². The number of hydrogen-bond donors (Lipinski definition) is 1. The minimum absolute atomic E-state index is 0.00984. The maximum atomic E-state index is 12.4. The van der Waals surface area contributed by atoms with Crippen molar-refractivity contribution in [2.75, 3.05) is 6.61 Å². The monoisotopic (exact) mass is 394 g/mol. The summed E-state index contributed by atoms with van der Waals surface area (Å²) in [6.45, 7) is 6.24. The Bertz CT molecular complexity index is 382. The highest BCUT2D eigenvalue weighted by atomic mass is 127. The topological polar surface area (TPSA) is 46.5 Å². The molecule has 4 heteroatoms. The van der Waals surface area contributed by atoms with Crippen LogP contribution in [0.5, 0.6) is 0 Å². The van der Waals surface area contributed by atoms with Crippen LogP contribution >= 0.6 is 22.6 Å². The third kappa shape index (κ3) is 3.32. The molecule has 0 radical (unpaired) electrons.